The Balaban J connectivity index is 1.82. The van der Waals surface area contributed by atoms with Crippen LogP contribution in [0.4, 0.5) is 0 Å². The number of rotatable bonds is 14. The predicted octanol–water partition coefficient (Wildman–Crippen LogP) is 5.29. The molecule has 1 aliphatic heterocycles. The molecule has 0 aromatic carbocycles. The van der Waals surface area contributed by atoms with E-state index in [2.05, 4.69) is 6.92 Å². The smallest absolute Gasteiger partial charge is 0.285 e. The molecule has 1 heterocycles. The van der Waals surface area contributed by atoms with Crippen molar-refractivity contribution in [3.8, 4) is 0 Å². The molecule has 4 heteroatoms. The van der Waals surface area contributed by atoms with Crippen LogP contribution in [0, 0.1) is 11.8 Å². The lowest BCUT2D eigenvalue weighted by molar-refractivity contribution is -0.380. The standard InChI is InChI=1S/C21H40O4/c1-5-6-7-8-9-10-13-18(21(22-2,23-3)24-4)16-15-17-12-11-14-19-20(17)25-19/h17-20H,5-16H2,1-4H3. The number of fused-ring (bicyclic) bond motifs is 1. The third kappa shape index (κ3) is 5.92. The van der Waals surface area contributed by atoms with Crippen LogP contribution in [0.15, 0.2) is 0 Å². The summed E-state index contributed by atoms with van der Waals surface area (Å²) in [7, 11) is 5.09. The minimum Gasteiger partial charge on any atom is -0.369 e. The molecule has 0 spiro atoms. The largest absolute Gasteiger partial charge is 0.369 e. The van der Waals surface area contributed by atoms with E-state index in [4.69, 9.17) is 18.9 Å². The summed E-state index contributed by atoms with van der Waals surface area (Å²) >= 11 is 0. The second-order valence-corrected chi connectivity index (χ2v) is 7.88. The van der Waals surface area contributed by atoms with Gasteiger partial charge in [-0.2, -0.15) is 0 Å². The molecule has 25 heavy (non-hydrogen) atoms. The van der Waals surface area contributed by atoms with Gasteiger partial charge in [0.2, 0.25) is 0 Å². The molecule has 1 saturated heterocycles. The Labute approximate surface area is 154 Å². The van der Waals surface area contributed by atoms with Gasteiger partial charge in [0.15, 0.2) is 0 Å². The van der Waals surface area contributed by atoms with Crippen molar-refractivity contribution in [1.82, 2.24) is 0 Å². The molecular formula is C21H40O4. The Morgan fingerprint density at radius 2 is 1.60 bits per heavy atom. The van der Waals surface area contributed by atoms with Gasteiger partial charge in [0, 0.05) is 27.2 Å². The van der Waals surface area contributed by atoms with Gasteiger partial charge in [-0.3, -0.25) is 0 Å². The summed E-state index contributed by atoms with van der Waals surface area (Å²) in [5, 5.41) is 0. The first-order chi connectivity index (χ1) is 12.2. The minimum atomic E-state index is -0.901. The Bertz CT molecular complexity index is 348. The van der Waals surface area contributed by atoms with Gasteiger partial charge in [-0.15, -0.1) is 0 Å². The van der Waals surface area contributed by atoms with Crippen LogP contribution in [0.25, 0.3) is 0 Å². The molecule has 0 amide bonds. The number of methoxy groups -OCH3 is 3. The molecule has 2 aliphatic rings. The Kier molecular flexibility index (Phi) is 9.18. The Morgan fingerprint density at radius 1 is 0.920 bits per heavy atom. The van der Waals surface area contributed by atoms with Crippen LogP contribution in [-0.4, -0.2) is 39.5 Å². The van der Waals surface area contributed by atoms with Gasteiger partial charge in [-0.25, -0.2) is 0 Å². The molecule has 0 bridgehead atoms. The number of ether oxygens (including phenoxy) is 4. The molecule has 0 N–H and O–H groups in total. The van der Waals surface area contributed by atoms with Crippen molar-refractivity contribution in [2.75, 3.05) is 21.3 Å². The van der Waals surface area contributed by atoms with Gasteiger partial charge in [0.05, 0.1) is 12.2 Å². The Morgan fingerprint density at radius 3 is 2.28 bits per heavy atom. The molecule has 0 aromatic rings. The van der Waals surface area contributed by atoms with E-state index < -0.39 is 5.97 Å². The number of unbranched alkanes of at least 4 members (excludes halogenated alkanes) is 5. The third-order valence-electron chi connectivity index (χ3n) is 6.30. The maximum absolute atomic E-state index is 5.83. The van der Waals surface area contributed by atoms with E-state index >= 15 is 0 Å². The zero-order valence-corrected chi connectivity index (χ0v) is 16.9. The SMILES string of the molecule is CCCCCCCCC(CCC1CCCC2OC12)C(OC)(OC)OC. The monoisotopic (exact) mass is 356 g/mol. The summed E-state index contributed by atoms with van der Waals surface area (Å²) in [6.45, 7) is 2.26. The number of hydrogen-bond acceptors (Lipinski definition) is 4. The van der Waals surface area contributed by atoms with Crippen LogP contribution in [0.1, 0.15) is 84.0 Å². The van der Waals surface area contributed by atoms with E-state index in [1.165, 1.54) is 64.2 Å². The maximum atomic E-state index is 5.83. The van der Waals surface area contributed by atoms with E-state index in [-0.39, 0.29) is 5.92 Å². The van der Waals surface area contributed by atoms with Crippen molar-refractivity contribution in [2.24, 2.45) is 11.8 Å². The highest BCUT2D eigenvalue weighted by Gasteiger charge is 2.47. The average Bonchev–Trinajstić information content (AvgIpc) is 3.43. The number of hydrogen-bond donors (Lipinski definition) is 0. The van der Waals surface area contributed by atoms with E-state index in [0.717, 1.165) is 12.8 Å². The van der Waals surface area contributed by atoms with Crippen molar-refractivity contribution in [3.63, 3.8) is 0 Å². The van der Waals surface area contributed by atoms with E-state index in [1.807, 2.05) is 0 Å². The van der Waals surface area contributed by atoms with Gasteiger partial charge in [0.1, 0.15) is 0 Å². The van der Waals surface area contributed by atoms with Crippen LogP contribution in [0.5, 0.6) is 0 Å². The normalized spacial score (nSPS) is 27.1. The molecule has 2 rings (SSSR count). The van der Waals surface area contributed by atoms with Crippen molar-refractivity contribution in [2.45, 2.75) is 102 Å². The molecule has 0 aromatic heterocycles. The molecule has 1 aliphatic carbocycles. The fraction of sp³-hybridized carbons (Fsp3) is 1.00. The van der Waals surface area contributed by atoms with Crippen LogP contribution in [0.2, 0.25) is 0 Å². The molecule has 2 fully saturated rings. The summed E-state index contributed by atoms with van der Waals surface area (Å²) < 4.78 is 22.9. The molecule has 1 saturated carbocycles. The summed E-state index contributed by atoms with van der Waals surface area (Å²) in [4.78, 5) is 0. The first-order valence-electron chi connectivity index (χ1n) is 10.5. The molecule has 148 valence electrons. The first kappa shape index (κ1) is 21.1. The lowest BCUT2D eigenvalue weighted by Crippen LogP contribution is -2.44. The fourth-order valence-electron chi connectivity index (χ4n) is 4.69. The predicted molar refractivity (Wildman–Crippen MR) is 100 cm³/mol. The molecule has 0 radical (unpaired) electrons. The van der Waals surface area contributed by atoms with Gasteiger partial charge in [0.25, 0.3) is 5.97 Å². The fourth-order valence-corrected chi connectivity index (χ4v) is 4.69. The maximum Gasteiger partial charge on any atom is 0.285 e. The molecule has 4 nitrogen and oxygen atoms in total. The average molecular weight is 357 g/mol. The van der Waals surface area contributed by atoms with Crippen molar-refractivity contribution >= 4 is 0 Å². The highest BCUT2D eigenvalue weighted by molar-refractivity contribution is 4.94. The topological polar surface area (TPSA) is 40.2 Å². The summed E-state index contributed by atoms with van der Waals surface area (Å²) in [5.74, 6) is 0.0916. The number of epoxide rings is 1. The minimum absolute atomic E-state index is 0.276. The van der Waals surface area contributed by atoms with Crippen LogP contribution in [-0.2, 0) is 18.9 Å². The van der Waals surface area contributed by atoms with Gasteiger partial charge >= 0.3 is 0 Å². The van der Waals surface area contributed by atoms with Crippen molar-refractivity contribution in [3.05, 3.63) is 0 Å². The second-order valence-electron chi connectivity index (χ2n) is 7.88. The highest BCUT2D eigenvalue weighted by atomic mass is 16.9. The quantitative estimate of drug-likeness (QED) is 0.241. The van der Waals surface area contributed by atoms with E-state index in [1.54, 1.807) is 21.3 Å². The van der Waals surface area contributed by atoms with Crippen molar-refractivity contribution < 1.29 is 18.9 Å². The van der Waals surface area contributed by atoms with E-state index in [9.17, 15) is 0 Å². The van der Waals surface area contributed by atoms with Crippen molar-refractivity contribution in [1.29, 1.82) is 0 Å². The third-order valence-corrected chi connectivity index (χ3v) is 6.30. The molecule has 4 unspecified atom stereocenters. The first-order valence-corrected chi connectivity index (χ1v) is 10.5. The van der Waals surface area contributed by atoms with Crippen LogP contribution < -0.4 is 0 Å². The van der Waals surface area contributed by atoms with Gasteiger partial charge < -0.3 is 18.9 Å². The van der Waals surface area contributed by atoms with Crippen LogP contribution >= 0.6 is 0 Å². The van der Waals surface area contributed by atoms with Gasteiger partial charge in [-0.1, -0.05) is 51.9 Å². The lowest BCUT2D eigenvalue weighted by Gasteiger charge is -2.37. The van der Waals surface area contributed by atoms with E-state index in [0.29, 0.717) is 18.1 Å². The molecular weight excluding hydrogens is 316 g/mol. The molecule has 4 atom stereocenters. The second kappa shape index (κ2) is 10.9. The van der Waals surface area contributed by atoms with Crippen LogP contribution in [0.3, 0.4) is 0 Å². The zero-order valence-electron chi connectivity index (χ0n) is 16.9. The summed E-state index contributed by atoms with van der Waals surface area (Å²) in [5.41, 5.74) is 0. The zero-order chi connectivity index (χ0) is 18.1. The van der Waals surface area contributed by atoms with Gasteiger partial charge in [-0.05, 0) is 38.0 Å². The summed E-state index contributed by atoms with van der Waals surface area (Å²) in [6, 6.07) is 0. The highest BCUT2D eigenvalue weighted by Crippen LogP contribution is 2.44. The lowest BCUT2D eigenvalue weighted by atomic mass is 9.82. The Hall–Kier alpha value is -0.160. The summed E-state index contributed by atoms with van der Waals surface area (Å²) in [6.07, 6.45) is 16.2.